The van der Waals surface area contributed by atoms with E-state index in [4.69, 9.17) is 10.6 Å². The summed E-state index contributed by atoms with van der Waals surface area (Å²) in [4.78, 5) is 0. The lowest BCUT2D eigenvalue weighted by molar-refractivity contribution is 0.404. The second-order valence-electron chi connectivity index (χ2n) is 3.58. The molecule has 0 atom stereocenters. The van der Waals surface area contributed by atoms with Gasteiger partial charge in [0.05, 0.1) is 13.8 Å². The van der Waals surface area contributed by atoms with Gasteiger partial charge in [0.1, 0.15) is 5.75 Å². The number of hydrazine groups is 1. The molecule has 0 aliphatic carbocycles. The van der Waals surface area contributed by atoms with Gasteiger partial charge in [-0.25, -0.2) is 5.43 Å². The van der Waals surface area contributed by atoms with E-state index < -0.39 is 0 Å². The largest absolute Gasteiger partial charge is 0.496 e. The minimum absolute atomic E-state index is 0.580. The van der Waals surface area contributed by atoms with Crippen LogP contribution in [0.5, 0.6) is 5.75 Å². The topological polar surface area (TPSA) is 59.3 Å². The Balaban J connectivity index is 2.84. The zero-order chi connectivity index (χ0) is 11.3. The number of ether oxygens (including phenoxy) is 1. The number of hydrogen-bond acceptors (Lipinski definition) is 4. The summed E-state index contributed by atoms with van der Waals surface area (Å²) in [5, 5.41) is 3.16. The van der Waals surface area contributed by atoms with Crippen LogP contribution in [-0.2, 0) is 6.54 Å². The van der Waals surface area contributed by atoms with Crippen LogP contribution in [-0.4, -0.2) is 13.8 Å². The Morgan fingerprint density at radius 2 is 2.07 bits per heavy atom. The van der Waals surface area contributed by atoms with Gasteiger partial charge < -0.3 is 4.74 Å². The highest BCUT2D eigenvalue weighted by Crippen LogP contribution is 2.24. The number of nitrogens with one attached hydrogen (secondary N) is 2. The van der Waals surface area contributed by atoms with E-state index in [0.29, 0.717) is 6.67 Å². The van der Waals surface area contributed by atoms with Crippen molar-refractivity contribution in [2.24, 2.45) is 5.84 Å². The third-order valence-corrected chi connectivity index (χ3v) is 2.24. The highest BCUT2D eigenvalue weighted by molar-refractivity contribution is 5.43. The third-order valence-electron chi connectivity index (χ3n) is 2.24. The molecular weight excluding hydrogens is 190 g/mol. The van der Waals surface area contributed by atoms with Crippen molar-refractivity contribution in [3.8, 4) is 5.75 Å². The molecule has 0 aromatic heterocycles. The Kier molecular flexibility index (Phi) is 4.55. The molecule has 0 aliphatic rings. The van der Waals surface area contributed by atoms with Gasteiger partial charge in [0, 0.05) is 12.1 Å². The first-order valence-corrected chi connectivity index (χ1v) is 4.97. The molecule has 4 N–H and O–H groups in total. The molecule has 15 heavy (non-hydrogen) atoms. The Morgan fingerprint density at radius 1 is 1.33 bits per heavy atom. The molecule has 0 amide bonds. The quantitative estimate of drug-likeness (QED) is 0.291. The summed E-state index contributed by atoms with van der Waals surface area (Å²) in [5.41, 5.74) is 6.11. The average Bonchev–Trinajstić information content (AvgIpc) is 2.17. The van der Waals surface area contributed by atoms with Gasteiger partial charge in [-0.2, -0.15) is 0 Å². The molecule has 0 fully saturated rings. The maximum absolute atomic E-state index is 5.37. The molecule has 0 aliphatic heterocycles. The van der Waals surface area contributed by atoms with Crippen molar-refractivity contribution >= 4 is 0 Å². The van der Waals surface area contributed by atoms with Gasteiger partial charge >= 0.3 is 0 Å². The Bertz CT molecular complexity index is 326. The Hall–Kier alpha value is -1.10. The van der Waals surface area contributed by atoms with Gasteiger partial charge in [-0.05, 0) is 19.4 Å². The normalized spacial score (nSPS) is 10.4. The molecule has 4 heteroatoms. The second-order valence-corrected chi connectivity index (χ2v) is 3.58. The first-order valence-electron chi connectivity index (χ1n) is 4.97. The van der Waals surface area contributed by atoms with Crippen molar-refractivity contribution < 1.29 is 4.74 Å². The van der Waals surface area contributed by atoms with E-state index in [2.05, 4.69) is 36.7 Å². The number of nitrogens with two attached hydrogens (primary N) is 1. The second kappa shape index (κ2) is 5.70. The lowest BCUT2D eigenvalue weighted by atomic mass is 10.1. The van der Waals surface area contributed by atoms with Gasteiger partial charge in [0.25, 0.3) is 0 Å². The summed E-state index contributed by atoms with van der Waals surface area (Å²) >= 11 is 0. The van der Waals surface area contributed by atoms with E-state index in [0.717, 1.165) is 23.4 Å². The fourth-order valence-electron chi connectivity index (χ4n) is 1.74. The van der Waals surface area contributed by atoms with Gasteiger partial charge in [-0.15, -0.1) is 0 Å². The van der Waals surface area contributed by atoms with E-state index in [-0.39, 0.29) is 0 Å². The summed E-state index contributed by atoms with van der Waals surface area (Å²) in [6.45, 7) is 5.46. The fourth-order valence-corrected chi connectivity index (χ4v) is 1.74. The molecule has 0 heterocycles. The number of benzene rings is 1. The van der Waals surface area contributed by atoms with Gasteiger partial charge in [-0.1, -0.05) is 17.7 Å². The summed E-state index contributed by atoms with van der Waals surface area (Å²) in [7, 11) is 1.70. The molecule has 1 aromatic carbocycles. The molecular formula is C11H19N3O. The monoisotopic (exact) mass is 209 g/mol. The van der Waals surface area contributed by atoms with Crippen LogP contribution < -0.4 is 21.3 Å². The molecule has 0 bridgehead atoms. The van der Waals surface area contributed by atoms with Crippen molar-refractivity contribution in [3.63, 3.8) is 0 Å². The smallest absolute Gasteiger partial charge is 0.126 e. The molecule has 1 aromatic rings. The summed E-state index contributed by atoms with van der Waals surface area (Å²) in [6, 6.07) is 4.23. The van der Waals surface area contributed by atoms with Crippen LogP contribution in [0.3, 0.4) is 0 Å². The number of aryl methyl sites for hydroxylation is 2. The van der Waals surface area contributed by atoms with Crippen molar-refractivity contribution in [2.45, 2.75) is 20.4 Å². The van der Waals surface area contributed by atoms with E-state index in [9.17, 15) is 0 Å². The van der Waals surface area contributed by atoms with Crippen molar-refractivity contribution in [3.05, 3.63) is 28.8 Å². The Morgan fingerprint density at radius 3 is 2.67 bits per heavy atom. The first-order chi connectivity index (χ1) is 7.19. The van der Waals surface area contributed by atoms with E-state index >= 15 is 0 Å². The SMILES string of the molecule is COc1c(C)cc(C)cc1CNCNN. The highest BCUT2D eigenvalue weighted by atomic mass is 16.5. The van der Waals surface area contributed by atoms with E-state index in [1.807, 2.05) is 0 Å². The van der Waals surface area contributed by atoms with Crippen LogP contribution in [0.25, 0.3) is 0 Å². The zero-order valence-electron chi connectivity index (χ0n) is 9.55. The van der Waals surface area contributed by atoms with Crippen LogP contribution >= 0.6 is 0 Å². The predicted octanol–water partition coefficient (Wildman–Crippen LogP) is 0.822. The number of methoxy groups -OCH3 is 1. The average molecular weight is 209 g/mol. The standard InChI is InChI=1S/C11H19N3O/c1-8-4-9(2)11(15-3)10(5-8)6-13-7-14-12/h4-5,13-14H,6-7,12H2,1-3H3. The van der Waals surface area contributed by atoms with Crippen molar-refractivity contribution in [1.82, 2.24) is 10.7 Å². The van der Waals surface area contributed by atoms with Crippen LogP contribution in [0.1, 0.15) is 16.7 Å². The van der Waals surface area contributed by atoms with Crippen molar-refractivity contribution in [1.29, 1.82) is 0 Å². The molecule has 4 nitrogen and oxygen atoms in total. The zero-order valence-corrected chi connectivity index (χ0v) is 9.55. The number of rotatable bonds is 5. The molecule has 84 valence electrons. The van der Waals surface area contributed by atoms with Crippen molar-refractivity contribution in [2.75, 3.05) is 13.8 Å². The maximum atomic E-state index is 5.37. The summed E-state index contributed by atoms with van der Waals surface area (Å²) in [6.07, 6.45) is 0. The van der Waals surface area contributed by atoms with E-state index in [1.54, 1.807) is 7.11 Å². The molecule has 1 rings (SSSR count). The summed E-state index contributed by atoms with van der Waals surface area (Å²) in [5.74, 6) is 6.13. The lowest BCUT2D eigenvalue weighted by Crippen LogP contribution is -2.33. The lowest BCUT2D eigenvalue weighted by Gasteiger charge is -2.13. The van der Waals surface area contributed by atoms with Gasteiger partial charge in [0.2, 0.25) is 0 Å². The molecule has 0 unspecified atom stereocenters. The molecule has 0 spiro atoms. The number of hydrogen-bond donors (Lipinski definition) is 3. The molecule has 0 saturated heterocycles. The molecule has 0 radical (unpaired) electrons. The highest BCUT2D eigenvalue weighted by Gasteiger charge is 2.06. The van der Waals surface area contributed by atoms with Crippen LogP contribution in [0.4, 0.5) is 0 Å². The molecule has 0 saturated carbocycles. The van der Waals surface area contributed by atoms with E-state index in [1.165, 1.54) is 5.56 Å². The van der Waals surface area contributed by atoms with Gasteiger partial charge in [-0.3, -0.25) is 11.2 Å². The van der Waals surface area contributed by atoms with Crippen LogP contribution in [0, 0.1) is 13.8 Å². The van der Waals surface area contributed by atoms with Crippen LogP contribution in [0.2, 0.25) is 0 Å². The minimum Gasteiger partial charge on any atom is -0.496 e. The fraction of sp³-hybridized carbons (Fsp3) is 0.455. The maximum Gasteiger partial charge on any atom is 0.126 e. The minimum atomic E-state index is 0.580. The summed E-state index contributed by atoms with van der Waals surface area (Å²) < 4.78 is 5.37. The first kappa shape index (κ1) is 12.0. The third kappa shape index (κ3) is 3.20. The van der Waals surface area contributed by atoms with Crippen LogP contribution in [0.15, 0.2) is 12.1 Å². The predicted molar refractivity (Wildman–Crippen MR) is 61.5 cm³/mol. The Labute approximate surface area is 90.8 Å². The van der Waals surface area contributed by atoms with Gasteiger partial charge in [0.15, 0.2) is 0 Å².